The van der Waals surface area contributed by atoms with Gasteiger partial charge in [0.05, 0.1) is 12.2 Å². The Kier molecular flexibility index (Phi) is 3.39. The van der Waals surface area contributed by atoms with E-state index in [-0.39, 0.29) is 7.58 Å². The fraction of sp³-hybridized carbons (Fsp3) is 0.750. The molecule has 2 heterocycles. The summed E-state index contributed by atoms with van der Waals surface area (Å²) in [5.74, 6) is 0.946. The normalized spacial score (nSPS) is 28.4. The average Bonchev–Trinajstić information content (AvgIpc) is 2.56. The first kappa shape index (κ1) is 10.1. The van der Waals surface area contributed by atoms with Gasteiger partial charge in [-0.05, 0) is 7.05 Å². The van der Waals surface area contributed by atoms with Crippen molar-refractivity contribution in [1.82, 2.24) is 21.7 Å². The molecule has 5 nitrogen and oxygen atoms in total. The summed E-state index contributed by atoms with van der Waals surface area (Å²) in [6.07, 6.45) is 0. The molecule has 0 aliphatic carbocycles. The van der Waals surface area contributed by atoms with Crippen LogP contribution in [0.3, 0.4) is 0 Å². The van der Waals surface area contributed by atoms with Crippen LogP contribution in [0, 0.1) is 0 Å². The molecule has 0 amide bonds. The summed E-state index contributed by atoms with van der Waals surface area (Å²) in [5, 5.41) is 6.56. The summed E-state index contributed by atoms with van der Waals surface area (Å²) in [7, 11) is 2.12. The largest absolute Gasteiger partial charge is 0.476 e. The quantitative estimate of drug-likeness (QED) is 0.487. The van der Waals surface area contributed by atoms with Crippen molar-refractivity contribution in [3.8, 4) is 0 Å². The number of hydrogen-bond donors (Lipinski definition) is 3. The molecule has 0 atom stereocenters. The Balaban J connectivity index is 0.000000845. The van der Waals surface area contributed by atoms with E-state index in [4.69, 9.17) is 4.74 Å². The Bertz CT molecular complexity index is 202. The molecule has 0 radical (unpaired) electrons. The molecule has 2 rings (SSSR count). The first-order valence-corrected chi connectivity index (χ1v) is 4.38. The molecule has 0 bridgehead atoms. The lowest BCUT2D eigenvalue weighted by Crippen LogP contribution is -2.41. The minimum absolute atomic E-state index is 0. The van der Waals surface area contributed by atoms with Gasteiger partial charge >= 0.3 is 0 Å². The zero-order chi connectivity index (χ0) is 8.39. The number of nitrogens with one attached hydrogen (secondary N) is 2. The highest BCUT2D eigenvalue weighted by molar-refractivity contribution is 5.11. The summed E-state index contributed by atoms with van der Waals surface area (Å²) in [6, 6.07) is 0. The molecular formula is C8H20N4O. The monoisotopic (exact) mass is 188 g/mol. The van der Waals surface area contributed by atoms with Gasteiger partial charge in [0, 0.05) is 21.1 Å². The highest BCUT2D eigenvalue weighted by Gasteiger charge is 2.17. The molecule has 2 fully saturated rings. The molecule has 0 aromatic heterocycles. The number of nitrogens with zero attached hydrogens (tertiary/aromatic N) is 1. The summed E-state index contributed by atoms with van der Waals surface area (Å²) in [4.78, 5) is 2.28. The van der Waals surface area contributed by atoms with E-state index >= 15 is 0 Å². The number of rotatable bonds is 0. The number of piperazine rings is 1. The Morgan fingerprint density at radius 3 is 2.85 bits per heavy atom. The molecule has 0 aromatic carbocycles. The van der Waals surface area contributed by atoms with E-state index in [0.717, 1.165) is 38.7 Å². The van der Waals surface area contributed by atoms with Crippen molar-refractivity contribution in [2.24, 2.45) is 0 Å². The molecule has 0 unspecified atom stereocenters. The van der Waals surface area contributed by atoms with Crippen LogP contribution >= 0.6 is 0 Å². The third kappa shape index (κ3) is 2.26. The number of likely N-dealkylation sites (N-methyl/N-ethyl adjacent to an activating group) is 1. The standard InChI is InChI=1S/C8H15N3O.H3N.H2/c1-11-4-2-9-7(6-11)8-10-3-5-12-8;;/h9-10H,2-6H2,1H3;1H3;1H/b8-7+;;. The van der Waals surface area contributed by atoms with E-state index in [0.29, 0.717) is 0 Å². The van der Waals surface area contributed by atoms with E-state index in [1.54, 1.807) is 0 Å². The van der Waals surface area contributed by atoms with Crippen LogP contribution in [-0.4, -0.2) is 44.7 Å². The maximum Gasteiger partial charge on any atom is 0.207 e. The van der Waals surface area contributed by atoms with Crippen molar-refractivity contribution in [2.75, 3.05) is 39.8 Å². The molecule has 0 saturated carbocycles. The van der Waals surface area contributed by atoms with Gasteiger partial charge in [0.1, 0.15) is 6.61 Å². The highest BCUT2D eigenvalue weighted by atomic mass is 16.5. The SMILES string of the molecule is CN1CCN/C(=C2\NCCO2)C1.N.[HH]. The molecule has 2 aliphatic rings. The fourth-order valence-corrected chi connectivity index (χ4v) is 1.52. The summed E-state index contributed by atoms with van der Waals surface area (Å²) in [5.41, 5.74) is 1.20. The minimum atomic E-state index is 0. The first-order chi connectivity index (χ1) is 5.86. The van der Waals surface area contributed by atoms with E-state index < -0.39 is 0 Å². The van der Waals surface area contributed by atoms with Gasteiger partial charge in [-0.1, -0.05) is 0 Å². The third-order valence-corrected chi connectivity index (χ3v) is 2.17. The lowest BCUT2D eigenvalue weighted by atomic mass is 10.3. The van der Waals surface area contributed by atoms with Gasteiger partial charge in [-0.3, -0.25) is 4.90 Å². The lowest BCUT2D eigenvalue weighted by Gasteiger charge is -2.26. The summed E-state index contributed by atoms with van der Waals surface area (Å²) < 4.78 is 5.42. The second-order valence-electron chi connectivity index (χ2n) is 3.25. The maximum absolute atomic E-state index is 5.42. The van der Waals surface area contributed by atoms with Gasteiger partial charge < -0.3 is 21.5 Å². The molecule has 5 N–H and O–H groups in total. The zero-order valence-corrected chi connectivity index (χ0v) is 8.10. The molecule has 2 saturated heterocycles. The van der Waals surface area contributed by atoms with Crippen LogP contribution in [0.15, 0.2) is 11.6 Å². The Morgan fingerprint density at radius 1 is 1.38 bits per heavy atom. The van der Waals surface area contributed by atoms with Gasteiger partial charge in [0.25, 0.3) is 0 Å². The predicted molar refractivity (Wildman–Crippen MR) is 53.6 cm³/mol. The number of hydrogen-bond acceptors (Lipinski definition) is 5. The van der Waals surface area contributed by atoms with Crippen LogP contribution < -0.4 is 16.8 Å². The van der Waals surface area contributed by atoms with Crippen molar-refractivity contribution in [3.63, 3.8) is 0 Å². The van der Waals surface area contributed by atoms with Crippen LogP contribution in [0.4, 0.5) is 0 Å². The van der Waals surface area contributed by atoms with Crippen LogP contribution in [0.5, 0.6) is 0 Å². The predicted octanol–water partition coefficient (Wildman–Crippen LogP) is -0.282. The van der Waals surface area contributed by atoms with Gasteiger partial charge in [-0.25, -0.2) is 0 Å². The molecular weight excluding hydrogens is 168 g/mol. The Hall–Kier alpha value is -0.940. The minimum Gasteiger partial charge on any atom is -0.476 e. The van der Waals surface area contributed by atoms with Crippen molar-refractivity contribution in [1.29, 1.82) is 0 Å². The molecule has 0 spiro atoms. The van der Waals surface area contributed by atoms with Crippen LogP contribution in [0.25, 0.3) is 0 Å². The average molecular weight is 188 g/mol. The second-order valence-corrected chi connectivity index (χ2v) is 3.25. The van der Waals surface area contributed by atoms with Crippen LogP contribution in [0.2, 0.25) is 0 Å². The van der Waals surface area contributed by atoms with Crippen LogP contribution in [0.1, 0.15) is 1.43 Å². The fourth-order valence-electron chi connectivity index (χ4n) is 1.52. The van der Waals surface area contributed by atoms with Crippen molar-refractivity contribution < 1.29 is 6.16 Å². The highest BCUT2D eigenvalue weighted by Crippen LogP contribution is 2.08. The van der Waals surface area contributed by atoms with Crippen LogP contribution in [-0.2, 0) is 4.74 Å². The molecule has 2 aliphatic heterocycles. The van der Waals surface area contributed by atoms with Gasteiger partial charge in [0.2, 0.25) is 5.88 Å². The van der Waals surface area contributed by atoms with E-state index in [1.807, 2.05) is 0 Å². The first-order valence-electron chi connectivity index (χ1n) is 4.38. The van der Waals surface area contributed by atoms with Gasteiger partial charge in [-0.2, -0.15) is 0 Å². The Morgan fingerprint density at radius 2 is 2.23 bits per heavy atom. The number of ether oxygens (including phenoxy) is 1. The molecule has 13 heavy (non-hydrogen) atoms. The molecule has 5 heteroatoms. The smallest absolute Gasteiger partial charge is 0.207 e. The van der Waals surface area contributed by atoms with E-state index in [9.17, 15) is 0 Å². The molecule has 0 aromatic rings. The topological polar surface area (TPSA) is 71.5 Å². The van der Waals surface area contributed by atoms with Crippen molar-refractivity contribution >= 4 is 0 Å². The van der Waals surface area contributed by atoms with E-state index in [1.165, 1.54) is 5.70 Å². The third-order valence-electron chi connectivity index (χ3n) is 2.17. The summed E-state index contributed by atoms with van der Waals surface area (Å²) >= 11 is 0. The van der Waals surface area contributed by atoms with Crippen molar-refractivity contribution in [2.45, 2.75) is 0 Å². The van der Waals surface area contributed by atoms with Crippen molar-refractivity contribution in [3.05, 3.63) is 11.6 Å². The second kappa shape index (κ2) is 4.34. The lowest BCUT2D eigenvalue weighted by molar-refractivity contribution is 0.242. The zero-order valence-electron chi connectivity index (χ0n) is 8.10. The maximum atomic E-state index is 5.42. The summed E-state index contributed by atoms with van der Waals surface area (Å²) in [6.45, 7) is 4.81. The van der Waals surface area contributed by atoms with E-state index in [2.05, 4.69) is 22.6 Å². The Labute approximate surface area is 80.2 Å². The molecule has 78 valence electrons. The van der Waals surface area contributed by atoms with Gasteiger partial charge in [0.15, 0.2) is 0 Å². The van der Waals surface area contributed by atoms with Gasteiger partial charge in [-0.15, -0.1) is 0 Å².